The van der Waals surface area contributed by atoms with Gasteiger partial charge in [-0.15, -0.1) is 12.4 Å². The summed E-state index contributed by atoms with van der Waals surface area (Å²) < 4.78 is 10.6. The van der Waals surface area contributed by atoms with Gasteiger partial charge in [-0.3, -0.25) is 4.79 Å². The second-order valence-corrected chi connectivity index (χ2v) is 5.51. The molecule has 1 heterocycles. The minimum Gasteiger partial charge on any atom is -0.496 e. The monoisotopic (exact) mass is 328 g/mol. The smallest absolute Gasteiger partial charge is 0.224 e. The van der Waals surface area contributed by atoms with Crippen molar-refractivity contribution in [1.29, 1.82) is 0 Å². The third-order valence-corrected chi connectivity index (χ3v) is 3.92. The topological polar surface area (TPSA) is 59.6 Å². The molecule has 0 radical (unpaired) electrons. The van der Waals surface area contributed by atoms with Gasteiger partial charge in [0.1, 0.15) is 5.75 Å². The van der Waals surface area contributed by atoms with Crippen LogP contribution >= 0.6 is 12.4 Å². The van der Waals surface area contributed by atoms with Gasteiger partial charge in [0.25, 0.3) is 0 Å². The number of halogens is 1. The molecule has 0 aliphatic carbocycles. The first-order valence-electron chi connectivity index (χ1n) is 7.32. The molecule has 1 aromatic rings. The molecule has 1 aromatic carbocycles. The average Bonchev–Trinajstić information content (AvgIpc) is 2.95. The minimum absolute atomic E-state index is 0. The van der Waals surface area contributed by atoms with Crippen LogP contribution in [0.15, 0.2) is 24.3 Å². The largest absolute Gasteiger partial charge is 0.496 e. The second-order valence-electron chi connectivity index (χ2n) is 5.51. The highest BCUT2D eigenvalue weighted by molar-refractivity contribution is 5.85. The first kappa shape index (κ1) is 18.7. The molecule has 2 N–H and O–H groups in total. The number of hydrogen-bond acceptors (Lipinski definition) is 4. The molecule has 1 aliphatic heterocycles. The molecule has 6 heteroatoms. The number of benzene rings is 1. The van der Waals surface area contributed by atoms with Crippen LogP contribution < -0.4 is 15.4 Å². The molecule has 0 saturated carbocycles. The van der Waals surface area contributed by atoms with Crippen molar-refractivity contribution in [3.05, 3.63) is 29.8 Å². The van der Waals surface area contributed by atoms with E-state index in [1.165, 1.54) is 0 Å². The molecule has 1 fully saturated rings. The summed E-state index contributed by atoms with van der Waals surface area (Å²) in [5.74, 6) is 0.752. The van der Waals surface area contributed by atoms with Gasteiger partial charge in [-0.1, -0.05) is 18.2 Å². The van der Waals surface area contributed by atoms with Crippen molar-refractivity contribution >= 4 is 18.3 Å². The van der Waals surface area contributed by atoms with Crippen LogP contribution in [0.5, 0.6) is 5.75 Å². The van der Waals surface area contributed by atoms with E-state index in [9.17, 15) is 4.79 Å². The van der Waals surface area contributed by atoms with Crippen LogP contribution in [-0.2, 0) is 16.0 Å². The third kappa shape index (κ3) is 4.87. The molecule has 124 valence electrons. The van der Waals surface area contributed by atoms with Crippen LogP contribution in [-0.4, -0.2) is 45.4 Å². The summed E-state index contributed by atoms with van der Waals surface area (Å²) in [4.78, 5) is 12.1. The predicted molar refractivity (Wildman–Crippen MR) is 88.8 cm³/mol. The average molecular weight is 329 g/mol. The van der Waals surface area contributed by atoms with Crippen molar-refractivity contribution in [1.82, 2.24) is 10.6 Å². The van der Waals surface area contributed by atoms with Gasteiger partial charge in [0.15, 0.2) is 0 Å². The SMILES string of the molecule is COCC1(CNC(=O)Cc2ccccc2OC)CCCN1.Cl. The van der Waals surface area contributed by atoms with Crippen molar-refractivity contribution in [3.8, 4) is 5.75 Å². The van der Waals surface area contributed by atoms with Crippen LogP contribution in [0.4, 0.5) is 0 Å². The molecular formula is C16H25ClN2O3. The lowest BCUT2D eigenvalue weighted by Gasteiger charge is -2.29. The van der Waals surface area contributed by atoms with Crippen molar-refractivity contribution in [2.75, 3.05) is 33.9 Å². The van der Waals surface area contributed by atoms with Gasteiger partial charge in [-0.05, 0) is 25.5 Å². The quantitative estimate of drug-likeness (QED) is 0.797. The fraction of sp³-hybridized carbons (Fsp3) is 0.562. The maximum atomic E-state index is 12.1. The van der Waals surface area contributed by atoms with Crippen molar-refractivity contribution in [2.24, 2.45) is 0 Å². The van der Waals surface area contributed by atoms with E-state index in [0.717, 1.165) is 30.7 Å². The standard InChI is InChI=1S/C16H24N2O3.ClH/c1-20-12-16(8-5-9-18-16)11-17-15(19)10-13-6-3-4-7-14(13)21-2;/h3-4,6-7,18H,5,8-12H2,1-2H3,(H,17,19);1H. The Labute approximate surface area is 138 Å². The molecule has 2 rings (SSSR count). The summed E-state index contributed by atoms with van der Waals surface area (Å²) in [5, 5.41) is 6.46. The van der Waals surface area contributed by atoms with Gasteiger partial charge < -0.3 is 20.1 Å². The van der Waals surface area contributed by atoms with Crippen LogP contribution in [0.1, 0.15) is 18.4 Å². The van der Waals surface area contributed by atoms with Gasteiger partial charge >= 0.3 is 0 Å². The lowest BCUT2D eigenvalue weighted by atomic mass is 9.98. The summed E-state index contributed by atoms with van der Waals surface area (Å²) in [6.07, 6.45) is 2.47. The molecule has 0 spiro atoms. The molecule has 22 heavy (non-hydrogen) atoms. The van der Waals surface area contributed by atoms with Crippen LogP contribution in [0, 0.1) is 0 Å². The Bertz CT molecular complexity index is 476. The van der Waals surface area contributed by atoms with E-state index in [0.29, 0.717) is 19.6 Å². The first-order chi connectivity index (χ1) is 10.2. The number of amides is 1. The Morgan fingerprint density at radius 2 is 2.14 bits per heavy atom. The van der Waals surface area contributed by atoms with Gasteiger partial charge in [-0.25, -0.2) is 0 Å². The van der Waals surface area contributed by atoms with Crippen molar-refractivity contribution < 1.29 is 14.3 Å². The van der Waals surface area contributed by atoms with Gasteiger partial charge in [0.2, 0.25) is 5.91 Å². The minimum atomic E-state index is -0.120. The fourth-order valence-electron chi connectivity index (χ4n) is 2.82. The van der Waals surface area contributed by atoms with Crippen LogP contribution in [0.3, 0.4) is 0 Å². The molecular weight excluding hydrogens is 304 g/mol. The molecule has 1 aliphatic rings. The molecule has 1 atom stereocenters. The molecule has 0 aromatic heterocycles. The number of ether oxygens (including phenoxy) is 2. The summed E-state index contributed by atoms with van der Waals surface area (Å²) in [6, 6.07) is 7.59. The Kier molecular flexibility index (Phi) is 7.65. The van der Waals surface area contributed by atoms with E-state index in [-0.39, 0.29) is 23.9 Å². The Balaban J connectivity index is 0.00000242. The zero-order valence-corrected chi connectivity index (χ0v) is 14.0. The lowest BCUT2D eigenvalue weighted by Crippen LogP contribution is -2.53. The third-order valence-electron chi connectivity index (χ3n) is 3.92. The summed E-state index contributed by atoms with van der Waals surface area (Å²) in [5.41, 5.74) is 0.781. The predicted octanol–water partition coefficient (Wildman–Crippen LogP) is 1.54. The summed E-state index contributed by atoms with van der Waals surface area (Å²) >= 11 is 0. The molecule has 1 amide bonds. The Hall–Kier alpha value is -1.30. The van der Waals surface area contributed by atoms with E-state index in [1.807, 2.05) is 24.3 Å². The van der Waals surface area contributed by atoms with E-state index < -0.39 is 0 Å². The van der Waals surface area contributed by atoms with E-state index >= 15 is 0 Å². The number of carbonyl (C=O) groups is 1. The zero-order chi connectivity index (χ0) is 15.1. The Morgan fingerprint density at radius 3 is 2.77 bits per heavy atom. The molecule has 5 nitrogen and oxygen atoms in total. The number of nitrogens with one attached hydrogen (secondary N) is 2. The van der Waals surface area contributed by atoms with E-state index in [2.05, 4.69) is 10.6 Å². The molecule has 0 bridgehead atoms. The maximum Gasteiger partial charge on any atom is 0.224 e. The fourth-order valence-corrected chi connectivity index (χ4v) is 2.82. The van der Waals surface area contributed by atoms with Crippen molar-refractivity contribution in [2.45, 2.75) is 24.8 Å². The lowest BCUT2D eigenvalue weighted by molar-refractivity contribution is -0.120. The normalized spacial score (nSPS) is 20.3. The van der Waals surface area contributed by atoms with Crippen LogP contribution in [0.2, 0.25) is 0 Å². The van der Waals surface area contributed by atoms with Crippen molar-refractivity contribution in [3.63, 3.8) is 0 Å². The zero-order valence-electron chi connectivity index (χ0n) is 13.2. The number of rotatable bonds is 7. The number of hydrogen-bond donors (Lipinski definition) is 2. The van der Waals surface area contributed by atoms with Gasteiger partial charge in [-0.2, -0.15) is 0 Å². The summed E-state index contributed by atoms with van der Waals surface area (Å²) in [7, 11) is 3.31. The van der Waals surface area contributed by atoms with Gasteiger partial charge in [0.05, 0.1) is 25.7 Å². The van der Waals surface area contributed by atoms with E-state index in [4.69, 9.17) is 9.47 Å². The number of para-hydroxylation sites is 1. The maximum absolute atomic E-state index is 12.1. The second kappa shape index (κ2) is 8.98. The van der Waals surface area contributed by atoms with E-state index in [1.54, 1.807) is 14.2 Å². The molecule has 1 unspecified atom stereocenters. The number of methoxy groups -OCH3 is 2. The summed E-state index contributed by atoms with van der Waals surface area (Å²) in [6.45, 7) is 2.18. The highest BCUT2D eigenvalue weighted by Crippen LogP contribution is 2.20. The molecule has 1 saturated heterocycles. The first-order valence-corrected chi connectivity index (χ1v) is 7.32. The highest BCUT2D eigenvalue weighted by Gasteiger charge is 2.33. The number of carbonyl (C=O) groups excluding carboxylic acids is 1. The van der Waals surface area contributed by atoms with Crippen LogP contribution in [0.25, 0.3) is 0 Å². The van der Waals surface area contributed by atoms with Gasteiger partial charge in [0, 0.05) is 19.2 Å². The Morgan fingerprint density at radius 1 is 1.36 bits per heavy atom. The highest BCUT2D eigenvalue weighted by atomic mass is 35.5.